The summed E-state index contributed by atoms with van der Waals surface area (Å²) in [7, 11) is 0. The van der Waals surface area contributed by atoms with Crippen LogP contribution >= 0.6 is 15.9 Å². The van der Waals surface area contributed by atoms with Crippen LogP contribution in [0.2, 0.25) is 0 Å². The number of carbonyl (C=O) groups is 1. The first-order chi connectivity index (χ1) is 9.08. The van der Waals surface area contributed by atoms with E-state index in [1.807, 2.05) is 17.0 Å². The summed E-state index contributed by atoms with van der Waals surface area (Å²) >= 11 is 3.49. The van der Waals surface area contributed by atoms with E-state index in [0.29, 0.717) is 13.1 Å². The van der Waals surface area contributed by atoms with E-state index in [0.717, 1.165) is 21.4 Å². The molecule has 2 rings (SSSR count). The van der Waals surface area contributed by atoms with Gasteiger partial charge in [-0.3, -0.25) is 4.79 Å². The number of rotatable bonds is 5. The van der Waals surface area contributed by atoms with Gasteiger partial charge in [0.25, 0.3) is 0 Å². The van der Waals surface area contributed by atoms with E-state index in [1.54, 1.807) is 6.08 Å². The van der Waals surface area contributed by atoms with Crippen LogP contribution in [0.5, 0.6) is 0 Å². The molecule has 0 aromatic heterocycles. The van der Waals surface area contributed by atoms with Crippen molar-refractivity contribution in [2.75, 3.05) is 29.9 Å². The lowest BCUT2D eigenvalue weighted by molar-refractivity contribution is -0.116. The zero-order chi connectivity index (χ0) is 14.0. The average Bonchev–Trinajstić information content (AvgIpc) is 2.64. The monoisotopic (exact) mass is 325 g/mol. The van der Waals surface area contributed by atoms with Crippen molar-refractivity contribution in [3.8, 4) is 0 Å². The van der Waals surface area contributed by atoms with Crippen LogP contribution in [0.25, 0.3) is 0 Å². The van der Waals surface area contributed by atoms with Gasteiger partial charge >= 0.3 is 0 Å². The van der Waals surface area contributed by atoms with Gasteiger partial charge in [0.05, 0.1) is 12.3 Å². The van der Waals surface area contributed by atoms with Crippen LogP contribution in [-0.2, 0) is 4.79 Å². The third kappa shape index (κ3) is 2.65. The van der Waals surface area contributed by atoms with Gasteiger partial charge in [-0.05, 0) is 28.1 Å². The first kappa shape index (κ1) is 14.0. The molecule has 19 heavy (non-hydrogen) atoms. The Kier molecular flexibility index (Phi) is 4.24. The van der Waals surface area contributed by atoms with E-state index in [4.69, 9.17) is 10.8 Å². The second-order valence-corrected chi connectivity index (χ2v) is 5.17. The molecular weight excluding hydrogens is 310 g/mol. The quantitative estimate of drug-likeness (QED) is 0.715. The molecule has 6 heteroatoms. The van der Waals surface area contributed by atoms with Gasteiger partial charge < -0.3 is 21.1 Å². The highest BCUT2D eigenvalue weighted by Gasteiger charge is 2.28. The first-order valence-electron chi connectivity index (χ1n) is 5.95. The molecule has 0 fully saturated rings. The van der Waals surface area contributed by atoms with Crippen molar-refractivity contribution in [3.05, 3.63) is 34.8 Å². The maximum absolute atomic E-state index is 11.6. The van der Waals surface area contributed by atoms with Crippen LogP contribution in [0.4, 0.5) is 11.4 Å². The molecule has 1 amide bonds. The van der Waals surface area contributed by atoms with E-state index in [9.17, 15) is 4.79 Å². The number of hydrogen-bond acceptors (Lipinski definition) is 4. The molecule has 102 valence electrons. The van der Waals surface area contributed by atoms with E-state index in [2.05, 4.69) is 27.8 Å². The standard InChI is InChI=1S/C13H16BrN3O2/c1-2-3-17(4-5-18)11-7-10-8(6-9(11)14)12(15)13(19)16-10/h2,6-7,12,18H,1,3-5,15H2,(H,16,19). The predicted molar refractivity (Wildman–Crippen MR) is 79.2 cm³/mol. The third-order valence-electron chi connectivity index (χ3n) is 3.05. The molecule has 1 heterocycles. The number of hydrogen-bond donors (Lipinski definition) is 3. The summed E-state index contributed by atoms with van der Waals surface area (Å²) in [5, 5.41) is 11.9. The molecule has 0 aliphatic carbocycles. The Hall–Kier alpha value is -1.37. The van der Waals surface area contributed by atoms with Gasteiger partial charge in [0.2, 0.25) is 5.91 Å². The molecule has 0 saturated heterocycles. The average molecular weight is 326 g/mol. The summed E-state index contributed by atoms with van der Waals surface area (Å²) in [5.74, 6) is -0.198. The van der Waals surface area contributed by atoms with Gasteiger partial charge in [-0.1, -0.05) is 6.08 Å². The Morgan fingerprint density at radius 1 is 1.58 bits per heavy atom. The Balaban J connectivity index is 2.40. The SMILES string of the molecule is C=CCN(CCO)c1cc2c(cc1Br)C(N)C(=O)N2. The molecule has 1 atom stereocenters. The van der Waals surface area contributed by atoms with Crippen LogP contribution < -0.4 is 16.0 Å². The van der Waals surface area contributed by atoms with Crippen LogP contribution in [0.3, 0.4) is 0 Å². The Morgan fingerprint density at radius 3 is 2.95 bits per heavy atom. The number of aliphatic hydroxyl groups excluding tert-OH is 1. The highest BCUT2D eigenvalue weighted by atomic mass is 79.9. The van der Waals surface area contributed by atoms with Gasteiger partial charge in [-0.15, -0.1) is 6.58 Å². The number of nitrogens with one attached hydrogen (secondary N) is 1. The zero-order valence-electron chi connectivity index (χ0n) is 10.4. The Labute approximate surface area is 120 Å². The fourth-order valence-electron chi connectivity index (χ4n) is 2.12. The number of carbonyl (C=O) groups excluding carboxylic acids is 1. The molecule has 1 aromatic carbocycles. The lowest BCUT2D eigenvalue weighted by Gasteiger charge is -2.24. The maximum Gasteiger partial charge on any atom is 0.245 e. The Bertz CT molecular complexity index is 519. The number of anilines is 2. The molecule has 0 spiro atoms. The topological polar surface area (TPSA) is 78.6 Å². The van der Waals surface area contributed by atoms with Crippen molar-refractivity contribution in [1.29, 1.82) is 0 Å². The van der Waals surface area contributed by atoms with Crippen LogP contribution in [0.1, 0.15) is 11.6 Å². The molecule has 5 nitrogen and oxygen atoms in total. The summed E-state index contributed by atoms with van der Waals surface area (Å²) in [4.78, 5) is 13.5. The highest BCUT2D eigenvalue weighted by Crippen LogP contribution is 2.38. The summed E-state index contributed by atoms with van der Waals surface area (Å²) in [5.41, 5.74) is 8.20. The number of halogens is 1. The van der Waals surface area contributed by atoms with E-state index in [1.165, 1.54) is 0 Å². The predicted octanol–water partition coefficient (Wildman–Crippen LogP) is 1.39. The second-order valence-electron chi connectivity index (χ2n) is 4.32. The first-order valence-corrected chi connectivity index (χ1v) is 6.74. The van der Waals surface area contributed by atoms with Gasteiger partial charge in [0.15, 0.2) is 0 Å². The molecular formula is C13H16BrN3O2. The van der Waals surface area contributed by atoms with E-state index in [-0.39, 0.29) is 12.5 Å². The van der Waals surface area contributed by atoms with Crippen molar-refractivity contribution in [3.63, 3.8) is 0 Å². The van der Waals surface area contributed by atoms with E-state index < -0.39 is 6.04 Å². The largest absolute Gasteiger partial charge is 0.395 e. The molecule has 1 aromatic rings. The molecule has 0 radical (unpaired) electrons. The number of benzene rings is 1. The van der Waals surface area contributed by atoms with Crippen LogP contribution in [0.15, 0.2) is 29.3 Å². The fraction of sp³-hybridized carbons (Fsp3) is 0.308. The van der Waals surface area contributed by atoms with E-state index >= 15 is 0 Å². The summed E-state index contributed by atoms with van der Waals surface area (Å²) in [6.07, 6.45) is 1.76. The normalized spacial score (nSPS) is 17.0. The van der Waals surface area contributed by atoms with Gasteiger partial charge in [-0.2, -0.15) is 0 Å². The summed E-state index contributed by atoms with van der Waals surface area (Å²) < 4.78 is 0.841. The molecule has 1 unspecified atom stereocenters. The van der Waals surface area contributed by atoms with Crippen LogP contribution in [0, 0.1) is 0 Å². The lowest BCUT2D eigenvalue weighted by Crippen LogP contribution is -2.27. The van der Waals surface area contributed by atoms with Crippen LogP contribution in [-0.4, -0.2) is 30.7 Å². The van der Waals surface area contributed by atoms with Gasteiger partial charge in [-0.25, -0.2) is 0 Å². The number of nitrogens with zero attached hydrogens (tertiary/aromatic N) is 1. The lowest BCUT2D eigenvalue weighted by atomic mass is 10.1. The highest BCUT2D eigenvalue weighted by molar-refractivity contribution is 9.10. The van der Waals surface area contributed by atoms with Crippen molar-refractivity contribution in [1.82, 2.24) is 0 Å². The summed E-state index contributed by atoms with van der Waals surface area (Å²) in [6.45, 7) is 4.85. The molecule has 0 bridgehead atoms. The van der Waals surface area contributed by atoms with Crippen molar-refractivity contribution in [2.45, 2.75) is 6.04 Å². The third-order valence-corrected chi connectivity index (χ3v) is 3.69. The smallest absolute Gasteiger partial charge is 0.245 e. The fourth-order valence-corrected chi connectivity index (χ4v) is 2.74. The van der Waals surface area contributed by atoms with Crippen molar-refractivity contribution >= 4 is 33.2 Å². The minimum atomic E-state index is -0.619. The minimum absolute atomic E-state index is 0.0449. The number of aliphatic hydroxyl groups is 1. The van der Waals surface area contributed by atoms with Crippen molar-refractivity contribution < 1.29 is 9.90 Å². The number of fused-ring (bicyclic) bond motifs is 1. The number of amides is 1. The maximum atomic E-state index is 11.6. The second kappa shape index (κ2) is 5.73. The zero-order valence-corrected chi connectivity index (χ0v) is 12.0. The molecule has 1 aliphatic heterocycles. The van der Waals surface area contributed by atoms with Crippen molar-refractivity contribution in [2.24, 2.45) is 5.73 Å². The minimum Gasteiger partial charge on any atom is -0.395 e. The molecule has 1 aliphatic rings. The molecule has 0 saturated carbocycles. The number of nitrogens with two attached hydrogens (primary N) is 1. The Morgan fingerprint density at radius 2 is 2.32 bits per heavy atom. The molecule has 4 N–H and O–H groups in total. The summed E-state index contributed by atoms with van der Waals surface area (Å²) in [6, 6.07) is 3.09. The van der Waals surface area contributed by atoms with Gasteiger partial charge in [0, 0.05) is 28.8 Å². The van der Waals surface area contributed by atoms with Gasteiger partial charge in [0.1, 0.15) is 6.04 Å².